The van der Waals surface area contributed by atoms with Gasteiger partial charge in [0.05, 0.1) is 5.69 Å². The fraction of sp³-hybridized carbons (Fsp3) is 0.375. The normalized spacial score (nSPS) is 16.4. The molecule has 1 aromatic rings. The topological polar surface area (TPSA) is 76.4 Å². The number of hydrogen-bond acceptors (Lipinski definition) is 4. The highest BCUT2D eigenvalue weighted by atomic mass is 16.3. The Kier molecular flexibility index (Phi) is 4.83. The van der Waals surface area contributed by atoms with Crippen LogP contribution >= 0.6 is 0 Å². The van der Waals surface area contributed by atoms with E-state index in [9.17, 15) is 9.90 Å². The van der Waals surface area contributed by atoms with Crippen molar-refractivity contribution in [2.75, 3.05) is 18.4 Å². The van der Waals surface area contributed by atoms with E-state index in [0.29, 0.717) is 11.6 Å². The van der Waals surface area contributed by atoms with Gasteiger partial charge in [0.1, 0.15) is 17.4 Å². The first-order valence-electron chi connectivity index (χ1n) is 7.05. The molecule has 0 unspecified atom stereocenters. The maximum Gasteiger partial charge on any atom is 0.267 e. The molecular formula is C16H19N3O2. The van der Waals surface area contributed by atoms with Crippen LogP contribution in [-0.2, 0) is 4.79 Å². The SMILES string of the molecule is CC1CCN(/C=C(/C#N)C(=O)Nc2ccccc2O)CC1. The van der Waals surface area contributed by atoms with E-state index in [2.05, 4.69) is 12.2 Å². The number of rotatable bonds is 3. The summed E-state index contributed by atoms with van der Waals surface area (Å²) in [7, 11) is 0. The van der Waals surface area contributed by atoms with Gasteiger partial charge < -0.3 is 15.3 Å². The zero-order valence-electron chi connectivity index (χ0n) is 12.0. The molecule has 0 aromatic heterocycles. The highest BCUT2D eigenvalue weighted by molar-refractivity contribution is 6.07. The van der Waals surface area contributed by atoms with Crippen LogP contribution in [0.2, 0.25) is 0 Å². The average Bonchev–Trinajstić information content (AvgIpc) is 2.49. The molecule has 1 heterocycles. The average molecular weight is 285 g/mol. The van der Waals surface area contributed by atoms with E-state index in [0.717, 1.165) is 25.9 Å². The number of likely N-dealkylation sites (tertiary alicyclic amines) is 1. The molecule has 110 valence electrons. The maximum atomic E-state index is 12.1. The number of aromatic hydroxyl groups is 1. The minimum atomic E-state index is -0.502. The van der Waals surface area contributed by atoms with Gasteiger partial charge >= 0.3 is 0 Å². The van der Waals surface area contributed by atoms with Crippen molar-refractivity contribution in [2.45, 2.75) is 19.8 Å². The number of hydrogen-bond donors (Lipinski definition) is 2. The fourth-order valence-corrected chi connectivity index (χ4v) is 2.25. The Bertz CT molecular complexity index is 581. The van der Waals surface area contributed by atoms with Gasteiger partial charge in [0, 0.05) is 19.3 Å². The van der Waals surface area contributed by atoms with E-state index >= 15 is 0 Å². The quantitative estimate of drug-likeness (QED) is 0.508. The standard InChI is InChI=1S/C16H19N3O2/c1-12-6-8-19(9-7-12)11-13(10-17)16(21)18-14-4-2-3-5-15(14)20/h2-5,11-12,20H,6-9H2,1H3,(H,18,21)/b13-11-. The number of piperidine rings is 1. The van der Waals surface area contributed by atoms with E-state index < -0.39 is 5.91 Å². The monoisotopic (exact) mass is 285 g/mol. The molecule has 0 aliphatic carbocycles. The summed E-state index contributed by atoms with van der Waals surface area (Å²) < 4.78 is 0. The van der Waals surface area contributed by atoms with Gasteiger partial charge in [-0.25, -0.2) is 0 Å². The zero-order chi connectivity index (χ0) is 15.2. The molecule has 0 saturated carbocycles. The number of para-hydroxylation sites is 2. The fourth-order valence-electron chi connectivity index (χ4n) is 2.25. The third-order valence-corrected chi connectivity index (χ3v) is 3.65. The smallest absolute Gasteiger partial charge is 0.267 e. The molecule has 0 radical (unpaired) electrons. The third kappa shape index (κ3) is 3.99. The summed E-state index contributed by atoms with van der Waals surface area (Å²) in [4.78, 5) is 14.1. The second-order valence-corrected chi connectivity index (χ2v) is 5.34. The molecule has 0 spiro atoms. The Hall–Kier alpha value is -2.48. The summed E-state index contributed by atoms with van der Waals surface area (Å²) in [6, 6.07) is 8.37. The van der Waals surface area contributed by atoms with Crippen LogP contribution in [0.1, 0.15) is 19.8 Å². The van der Waals surface area contributed by atoms with Gasteiger partial charge in [-0.1, -0.05) is 19.1 Å². The molecule has 2 N–H and O–H groups in total. The third-order valence-electron chi connectivity index (χ3n) is 3.65. The first kappa shape index (κ1) is 14.9. The van der Waals surface area contributed by atoms with Crippen LogP contribution < -0.4 is 5.32 Å². The molecule has 21 heavy (non-hydrogen) atoms. The summed E-state index contributed by atoms with van der Waals surface area (Å²) in [5.41, 5.74) is 0.351. The van der Waals surface area contributed by atoms with Gasteiger partial charge in [-0.3, -0.25) is 4.79 Å². The Morgan fingerprint density at radius 1 is 1.43 bits per heavy atom. The molecule has 1 aliphatic heterocycles. The molecule has 5 nitrogen and oxygen atoms in total. The number of carbonyl (C=O) groups excluding carboxylic acids is 1. The summed E-state index contributed by atoms with van der Waals surface area (Å²) >= 11 is 0. The molecule has 1 fully saturated rings. The van der Waals surface area contributed by atoms with Crippen LogP contribution in [0.5, 0.6) is 5.75 Å². The molecule has 0 bridgehead atoms. The Morgan fingerprint density at radius 3 is 2.71 bits per heavy atom. The van der Waals surface area contributed by atoms with Crippen LogP contribution in [0.3, 0.4) is 0 Å². The number of nitrogens with zero attached hydrogens (tertiary/aromatic N) is 2. The van der Waals surface area contributed by atoms with E-state index in [1.807, 2.05) is 11.0 Å². The van der Waals surface area contributed by atoms with Gasteiger partial charge in [0.25, 0.3) is 5.91 Å². The molecule has 1 amide bonds. The molecular weight excluding hydrogens is 266 g/mol. The Balaban J connectivity index is 2.05. The van der Waals surface area contributed by atoms with E-state index in [1.165, 1.54) is 6.07 Å². The van der Waals surface area contributed by atoms with E-state index in [1.54, 1.807) is 24.4 Å². The molecule has 2 rings (SSSR count). The van der Waals surface area contributed by atoms with E-state index in [-0.39, 0.29) is 11.3 Å². The van der Waals surface area contributed by atoms with Crippen molar-refractivity contribution in [1.29, 1.82) is 5.26 Å². The minimum absolute atomic E-state index is 0.0186. The van der Waals surface area contributed by atoms with Crippen molar-refractivity contribution in [2.24, 2.45) is 5.92 Å². The number of carbonyl (C=O) groups is 1. The molecule has 1 aromatic carbocycles. The lowest BCUT2D eigenvalue weighted by Gasteiger charge is -2.29. The summed E-state index contributed by atoms with van der Waals surface area (Å²) in [6.07, 6.45) is 3.74. The first-order chi connectivity index (χ1) is 10.1. The number of phenols is 1. The lowest BCUT2D eigenvalue weighted by atomic mass is 9.99. The molecule has 1 saturated heterocycles. The van der Waals surface area contributed by atoms with Crippen molar-refractivity contribution >= 4 is 11.6 Å². The van der Waals surface area contributed by atoms with Crippen molar-refractivity contribution < 1.29 is 9.90 Å². The summed E-state index contributed by atoms with van der Waals surface area (Å²) in [6.45, 7) is 3.92. The van der Waals surface area contributed by atoms with Gasteiger partial charge in [-0.15, -0.1) is 0 Å². The summed E-state index contributed by atoms with van der Waals surface area (Å²) in [5, 5.41) is 21.3. The second-order valence-electron chi connectivity index (χ2n) is 5.34. The number of nitriles is 1. The van der Waals surface area contributed by atoms with E-state index in [4.69, 9.17) is 5.26 Å². The van der Waals surface area contributed by atoms with Crippen molar-refractivity contribution in [3.05, 3.63) is 36.0 Å². The highest BCUT2D eigenvalue weighted by Gasteiger charge is 2.17. The van der Waals surface area contributed by atoms with Crippen LogP contribution in [-0.4, -0.2) is 29.0 Å². The van der Waals surface area contributed by atoms with Crippen molar-refractivity contribution in [3.8, 4) is 11.8 Å². The van der Waals surface area contributed by atoms with Gasteiger partial charge in [0.15, 0.2) is 0 Å². The zero-order valence-corrected chi connectivity index (χ0v) is 12.0. The Morgan fingerprint density at radius 2 is 2.10 bits per heavy atom. The lowest BCUT2D eigenvalue weighted by molar-refractivity contribution is -0.112. The van der Waals surface area contributed by atoms with Crippen molar-refractivity contribution in [3.63, 3.8) is 0 Å². The maximum absolute atomic E-state index is 12.1. The second kappa shape index (κ2) is 6.80. The molecule has 0 atom stereocenters. The largest absolute Gasteiger partial charge is 0.506 e. The number of anilines is 1. The number of nitrogens with one attached hydrogen (secondary N) is 1. The lowest BCUT2D eigenvalue weighted by Crippen LogP contribution is -2.29. The summed E-state index contributed by atoms with van der Waals surface area (Å²) in [5.74, 6) is 0.169. The van der Waals surface area contributed by atoms with Gasteiger partial charge in [0.2, 0.25) is 0 Å². The Labute approximate surface area is 124 Å². The number of amides is 1. The predicted molar refractivity (Wildman–Crippen MR) is 80.4 cm³/mol. The predicted octanol–water partition coefficient (Wildman–Crippen LogP) is 2.47. The van der Waals surface area contributed by atoms with Crippen LogP contribution in [0.15, 0.2) is 36.0 Å². The molecule has 1 aliphatic rings. The van der Waals surface area contributed by atoms with Crippen LogP contribution in [0.4, 0.5) is 5.69 Å². The van der Waals surface area contributed by atoms with Gasteiger partial charge in [-0.2, -0.15) is 5.26 Å². The number of benzene rings is 1. The van der Waals surface area contributed by atoms with Crippen LogP contribution in [0.25, 0.3) is 0 Å². The molecule has 5 heteroatoms. The van der Waals surface area contributed by atoms with Crippen LogP contribution in [0, 0.1) is 17.2 Å². The first-order valence-corrected chi connectivity index (χ1v) is 7.05. The highest BCUT2D eigenvalue weighted by Crippen LogP contribution is 2.22. The van der Waals surface area contributed by atoms with Gasteiger partial charge in [-0.05, 0) is 30.9 Å². The number of phenolic OH excluding ortho intramolecular Hbond substituents is 1. The van der Waals surface area contributed by atoms with Crippen molar-refractivity contribution in [1.82, 2.24) is 4.90 Å². The minimum Gasteiger partial charge on any atom is -0.506 e.